The average molecular weight is 407 g/mol. The SMILES string of the molecule is CCCCCCCC1(C)CN(CCCC)c2cc(NC(=O)c3ccccc3)ccc21. The molecular formula is C27H38N2O. The molecule has 0 saturated carbocycles. The molecule has 1 aliphatic heterocycles. The van der Waals surface area contributed by atoms with Gasteiger partial charge >= 0.3 is 0 Å². The number of hydrogen-bond donors (Lipinski definition) is 1. The fourth-order valence-corrected chi connectivity index (χ4v) is 4.65. The van der Waals surface area contributed by atoms with E-state index >= 15 is 0 Å². The first-order valence-corrected chi connectivity index (χ1v) is 11.8. The maximum absolute atomic E-state index is 12.6. The van der Waals surface area contributed by atoms with Gasteiger partial charge in [-0.25, -0.2) is 0 Å². The van der Waals surface area contributed by atoms with Crippen LogP contribution in [0.1, 0.15) is 88.1 Å². The number of hydrogen-bond acceptors (Lipinski definition) is 2. The van der Waals surface area contributed by atoms with Crippen LogP contribution in [0.4, 0.5) is 11.4 Å². The fraction of sp³-hybridized carbons (Fsp3) is 0.519. The van der Waals surface area contributed by atoms with Gasteiger partial charge in [0.15, 0.2) is 0 Å². The highest BCUT2D eigenvalue weighted by atomic mass is 16.1. The van der Waals surface area contributed by atoms with Gasteiger partial charge in [-0.3, -0.25) is 4.79 Å². The molecule has 2 aromatic rings. The minimum atomic E-state index is -0.0488. The highest BCUT2D eigenvalue weighted by Crippen LogP contribution is 2.45. The lowest BCUT2D eigenvalue weighted by molar-refractivity contribution is 0.102. The zero-order chi connectivity index (χ0) is 21.4. The molecule has 0 aliphatic carbocycles. The van der Waals surface area contributed by atoms with Crippen LogP contribution in [-0.2, 0) is 5.41 Å². The van der Waals surface area contributed by atoms with Crippen molar-refractivity contribution in [3.63, 3.8) is 0 Å². The van der Waals surface area contributed by atoms with Crippen molar-refractivity contribution >= 4 is 17.3 Å². The molecule has 0 radical (unpaired) electrons. The first kappa shape index (κ1) is 22.4. The van der Waals surface area contributed by atoms with Gasteiger partial charge in [0, 0.05) is 35.4 Å². The molecule has 1 aliphatic rings. The summed E-state index contributed by atoms with van der Waals surface area (Å²) in [5.41, 5.74) is 4.54. The molecule has 0 spiro atoms. The van der Waals surface area contributed by atoms with Crippen molar-refractivity contribution in [1.82, 2.24) is 0 Å². The molecule has 0 fully saturated rings. The van der Waals surface area contributed by atoms with Crippen molar-refractivity contribution in [2.45, 2.75) is 77.6 Å². The molecule has 2 aromatic carbocycles. The summed E-state index contributed by atoms with van der Waals surface area (Å²) in [5.74, 6) is -0.0488. The lowest BCUT2D eigenvalue weighted by Gasteiger charge is -2.26. The summed E-state index contributed by atoms with van der Waals surface area (Å²) in [6, 6.07) is 16.0. The van der Waals surface area contributed by atoms with Gasteiger partial charge in [0.1, 0.15) is 0 Å². The van der Waals surface area contributed by atoms with Crippen LogP contribution < -0.4 is 10.2 Å². The number of unbranched alkanes of at least 4 members (excludes halogenated alkanes) is 5. The molecule has 0 aromatic heterocycles. The molecule has 1 heterocycles. The quantitative estimate of drug-likeness (QED) is 0.401. The standard InChI is InChI=1S/C27H38N2O/c1-4-6-8-9-13-18-27(3)21-29(19-7-5-2)25-20-23(16-17-24(25)27)28-26(30)22-14-11-10-12-15-22/h10-12,14-17,20H,4-9,13,18-19,21H2,1-3H3,(H,28,30). The minimum absolute atomic E-state index is 0.0488. The van der Waals surface area contributed by atoms with Crippen molar-refractivity contribution in [2.24, 2.45) is 0 Å². The van der Waals surface area contributed by atoms with E-state index in [4.69, 9.17) is 0 Å². The lowest BCUT2D eigenvalue weighted by Crippen LogP contribution is -2.31. The fourth-order valence-electron chi connectivity index (χ4n) is 4.65. The van der Waals surface area contributed by atoms with E-state index in [1.54, 1.807) is 0 Å². The monoisotopic (exact) mass is 406 g/mol. The van der Waals surface area contributed by atoms with Gasteiger partial charge in [-0.2, -0.15) is 0 Å². The molecule has 3 heteroatoms. The maximum atomic E-state index is 12.6. The number of rotatable bonds is 11. The van der Waals surface area contributed by atoms with Crippen LogP contribution >= 0.6 is 0 Å². The third-order valence-corrected chi connectivity index (χ3v) is 6.44. The number of benzene rings is 2. The Kier molecular flexibility index (Phi) is 7.95. The number of carbonyl (C=O) groups excluding carboxylic acids is 1. The average Bonchev–Trinajstić information content (AvgIpc) is 3.04. The van der Waals surface area contributed by atoms with Crippen LogP contribution in [0.3, 0.4) is 0 Å². The van der Waals surface area contributed by atoms with E-state index in [0.717, 1.165) is 18.8 Å². The number of carbonyl (C=O) groups is 1. The number of nitrogens with zero attached hydrogens (tertiary/aromatic N) is 1. The van der Waals surface area contributed by atoms with Crippen LogP contribution in [0, 0.1) is 0 Å². The Hall–Kier alpha value is -2.29. The third kappa shape index (κ3) is 5.44. The number of nitrogens with one attached hydrogen (secondary N) is 1. The molecule has 1 unspecified atom stereocenters. The summed E-state index contributed by atoms with van der Waals surface area (Å²) < 4.78 is 0. The van der Waals surface area contributed by atoms with Crippen LogP contribution in [-0.4, -0.2) is 19.0 Å². The number of anilines is 2. The van der Waals surface area contributed by atoms with E-state index in [-0.39, 0.29) is 11.3 Å². The molecule has 3 rings (SSSR count). The van der Waals surface area contributed by atoms with E-state index < -0.39 is 0 Å². The molecule has 162 valence electrons. The van der Waals surface area contributed by atoms with Crippen LogP contribution in [0.2, 0.25) is 0 Å². The van der Waals surface area contributed by atoms with Gasteiger partial charge < -0.3 is 10.2 Å². The lowest BCUT2D eigenvalue weighted by atomic mass is 9.79. The Bertz CT molecular complexity index is 817. The second kappa shape index (κ2) is 10.7. The van der Waals surface area contributed by atoms with Gasteiger partial charge in [0.25, 0.3) is 5.91 Å². The van der Waals surface area contributed by atoms with Crippen molar-refractivity contribution in [3.8, 4) is 0 Å². The number of amides is 1. The molecule has 1 atom stereocenters. The van der Waals surface area contributed by atoms with Crippen molar-refractivity contribution in [1.29, 1.82) is 0 Å². The maximum Gasteiger partial charge on any atom is 0.255 e. The Morgan fingerprint density at radius 1 is 0.967 bits per heavy atom. The highest BCUT2D eigenvalue weighted by molar-refractivity contribution is 6.04. The number of fused-ring (bicyclic) bond motifs is 1. The van der Waals surface area contributed by atoms with Crippen LogP contribution in [0.15, 0.2) is 48.5 Å². The highest BCUT2D eigenvalue weighted by Gasteiger charge is 2.38. The van der Waals surface area contributed by atoms with E-state index in [0.29, 0.717) is 5.56 Å². The second-order valence-corrected chi connectivity index (χ2v) is 9.05. The van der Waals surface area contributed by atoms with Gasteiger partial charge in [0.2, 0.25) is 0 Å². The summed E-state index contributed by atoms with van der Waals surface area (Å²) in [7, 11) is 0. The zero-order valence-corrected chi connectivity index (χ0v) is 19.0. The Morgan fingerprint density at radius 2 is 1.70 bits per heavy atom. The largest absolute Gasteiger partial charge is 0.370 e. The molecule has 0 saturated heterocycles. The molecular weight excluding hydrogens is 368 g/mol. The van der Waals surface area contributed by atoms with Gasteiger partial charge in [-0.1, -0.05) is 83.6 Å². The van der Waals surface area contributed by atoms with E-state index in [9.17, 15) is 4.79 Å². The summed E-state index contributed by atoms with van der Waals surface area (Å²) in [4.78, 5) is 15.1. The second-order valence-electron chi connectivity index (χ2n) is 9.05. The predicted octanol–water partition coefficient (Wildman–Crippen LogP) is 7.18. The summed E-state index contributed by atoms with van der Waals surface area (Å²) in [6.45, 7) is 9.13. The third-order valence-electron chi connectivity index (χ3n) is 6.44. The Labute approximate surface area is 182 Å². The summed E-state index contributed by atoms with van der Waals surface area (Å²) in [6.07, 6.45) is 10.3. The minimum Gasteiger partial charge on any atom is -0.370 e. The van der Waals surface area contributed by atoms with Crippen LogP contribution in [0.25, 0.3) is 0 Å². The zero-order valence-electron chi connectivity index (χ0n) is 19.0. The first-order valence-electron chi connectivity index (χ1n) is 11.8. The van der Waals surface area contributed by atoms with Gasteiger partial charge in [-0.05, 0) is 42.7 Å². The molecule has 0 bridgehead atoms. The molecule has 30 heavy (non-hydrogen) atoms. The van der Waals surface area contributed by atoms with Crippen molar-refractivity contribution in [2.75, 3.05) is 23.3 Å². The van der Waals surface area contributed by atoms with Gasteiger partial charge in [-0.15, -0.1) is 0 Å². The summed E-state index contributed by atoms with van der Waals surface area (Å²) >= 11 is 0. The van der Waals surface area contributed by atoms with E-state index in [2.05, 4.69) is 49.2 Å². The molecule has 1 amide bonds. The van der Waals surface area contributed by atoms with Crippen molar-refractivity contribution in [3.05, 3.63) is 59.7 Å². The van der Waals surface area contributed by atoms with Crippen LogP contribution in [0.5, 0.6) is 0 Å². The van der Waals surface area contributed by atoms with E-state index in [1.165, 1.54) is 62.6 Å². The topological polar surface area (TPSA) is 32.3 Å². The molecule has 1 N–H and O–H groups in total. The predicted molar refractivity (Wildman–Crippen MR) is 129 cm³/mol. The van der Waals surface area contributed by atoms with E-state index in [1.807, 2.05) is 30.3 Å². The Morgan fingerprint density at radius 3 is 2.43 bits per heavy atom. The Balaban J connectivity index is 1.76. The smallest absolute Gasteiger partial charge is 0.255 e. The molecule has 3 nitrogen and oxygen atoms in total. The summed E-state index contributed by atoms with van der Waals surface area (Å²) in [5, 5.41) is 3.09. The first-order chi connectivity index (χ1) is 14.6. The normalized spacial score (nSPS) is 17.8. The van der Waals surface area contributed by atoms with Gasteiger partial charge in [0.05, 0.1) is 0 Å². The van der Waals surface area contributed by atoms with Crippen molar-refractivity contribution < 1.29 is 4.79 Å².